The first-order chi connectivity index (χ1) is 14.6. The normalized spacial score (nSPS) is 11.5. The predicted octanol–water partition coefficient (Wildman–Crippen LogP) is 6.15. The number of hydrogen-bond donors (Lipinski definition) is 4. The number of nitrogen functional groups attached to an aromatic ring is 1. The Morgan fingerprint density at radius 1 is 1.13 bits per heavy atom. The van der Waals surface area contributed by atoms with Gasteiger partial charge in [0.25, 0.3) is 0 Å². The van der Waals surface area contributed by atoms with Crippen molar-refractivity contribution in [2.24, 2.45) is 0 Å². The van der Waals surface area contributed by atoms with Gasteiger partial charge in [-0.15, -0.1) is 11.3 Å². The summed E-state index contributed by atoms with van der Waals surface area (Å²) in [4.78, 5) is 6.87. The molecule has 3 rings (SSSR count). The molecule has 0 radical (unpaired) electrons. The second kappa shape index (κ2) is 9.99. The van der Waals surface area contributed by atoms with Crippen LogP contribution in [0.4, 0.5) is 11.4 Å². The van der Waals surface area contributed by atoms with Gasteiger partial charge in [0, 0.05) is 45.2 Å². The van der Waals surface area contributed by atoms with Gasteiger partial charge in [-0.25, -0.2) is 4.98 Å². The molecule has 5 nitrogen and oxygen atoms in total. The summed E-state index contributed by atoms with van der Waals surface area (Å²) >= 11 is 8.58. The van der Waals surface area contributed by atoms with Crippen molar-refractivity contribution in [2.45, 2.75) is 51.1 Å². The van der Waals surface area contributed by atoms with E-state index in [1.165, 1.54) is 0 Å². The van der Waals surface area contributed by atoms with Crippen molar-refractivity contribution in [2.75, 3.05) is 11.1 Å². The summed E-state index contributed by atoms with van der Waals surface area (Å²) in [6, 6.07) is 14.4. The van der Waals surface area contributed by atoms with Crippen LogP contribution in [0, 0.1) is 0 Å². The minimum absolute atomic E-state index is 0.00577. The highest BCUT2D eigenvalue weighted by Crippen LogP contribution is 2.38. The first kappa shape index (κ1) is 23.5. The summed E-state index contributed by atoms with van der Waals surface area (Å²) in [6.07, 6.45) is 1.93. The van der Waals surface area contributed by atoms with E-state index in [4.69, 9.17) is 18.0 Å². The maximum Gasteiger partial charge on any atom is 0.170 e. The van der Waals surface area contributed by atoms with Crippen LogP contribution in [0.5, 0.6) is 0 Å². The first-order valence-electron chi connectivity index (χ1n) is 10.1. The van der Waals surface area contributed by atoms with E-state index in [0.29, 0.717) is 11.2 Å². The fraction of sp³-hybridized carbons (Fsp3) is 0.304. The number of nitrogens with zero attached hydrogens (tertiary/aromatic N) is 1. The fourth-order valence-corrected chi connectivity index (χ4v) is 4.97. The SMILES string of the molecule is CC(C)NC(=S)Nc1ccc(-c2ncc(-c3ccc(N)cc3SNC(C)(C)C)s2)cc1. The van der Waals surface area contributed by atoms with Crippen LogP contribution in [-0.4, -0.2) is 21.7 Å². The summed E-state index contributed by atoms with van der Waals surface area (Å²) < 4.78 is 3.47. The van der Waals surface area contributed by atoms with Crippen LogP contribution in [0.15, 0.2) is 53.6 Å². The van der Waals surface area contributed by atoms with Gasteiger partial charge in [0.2, 0.25) is 0 Å². The number of thiazole rings is 1. The summed E-state index contributed by atoms with van der Waals surface area (Å²) in [5, 5.41) is 7.98. The van der Waals surface area contributed by atoms with E-state index in [1.807, 2.05) is 30.5 Å². The van der Waals surface area contributed by atoms with Crippen LogP contribution in [-0.2, 0) is 0 Å². The summed E-state index contributed by atoms with van der Waals surface area (Å²) in [5.74, 6) is 0. The topological polar surface area (TPSA) is 75.0 Å². The Balaban J connectivity index is 1.78. The van der Waals surface area contributed by atoms with Crippen molar-refractivity contribution in [1.29, 1.82) is 0 Å². The van der Waals surface area contributed by atoms with Crippen LogP contribution in [0.1, 0.15) is 34.6 Å². The number of nitrogens with two attached hydrogens (primary N) is 1. The van der Waals surface area contributed by atoms with Gasteiger partial charge in [-0.05, 0) is 95.2 Å². The minimum Gasteiger partial charge on any atom is -0.399 e. The maximum atomic E-state index is 6.04. The number of rotatable bonds is 6. The number of hydrogen-bond acceptors (Lipinski definition) is 6. The average molecular weight is 472 g/mol. The molecule has 0 saturated carbocycles. The summed E-state index contributed by atoms with van der Waals surface area (Å²) in [6.45, 7) is 10.5. The molecule has 164 valence electrons. The zero-order valence-electron chi connectivity index (χ0n) is 18.4. The molecule has 0 atom stereocenters. The van der Waals surface area contributed by atoms with E-state index < -0.39 is 0 Å². The van der Waals surface area contributed by atoms with E-state index in [0.717, 1.165) is 37.3 Å². The highest BCUT2D eigenvalue weighted by atomic mass is 32.2. The molecule has 1 heterocycles. The maximum absolute atomic E-state index is 6.04. The molecule has 0 bridgehead atoms. The van der Waals surface area contributed by atoms with E-state index in [1.54, 1.807) is 23.3 Å². The molecule has 0 saturated heterocycles. The van der Waals surface area contributed by atoms with Gasteiger partial charge in [0.15, 0.2) is 5.11 Å². The minimum atomic E-state index is -0.00577. The Kier molecular flexibility index (Phi) is 7.59. The lowest BCUT2D eigenvalue weighted by Gasteiger charge is -2.20. The Hall–Kier alpha value is -2.13. The van der Waals surface area contributed by atoms with Gasteiger partial charge in [-0.1, -0.05) is 6.07 Å². The van der Waals surface area contributed by atoms with Crippen LogP contribution < -0.4 is 21.1 Å². The van der Waals surface area contributed by atoms with Crippen LogP contribution in [0.3, 0.4) is 0 Å². The number of thiocarbonyl (C=S) groups is 1. The molecule has 0 aliphatic heterocycles. The molecule has 0 unspecified atom stereocenters. The Bertz CT molecular complexity index is 1040. The molecule has 0 aliphatic carbocycles. The fourth-order valence-electron chi connectivity index (χ4n) is 2.69. The molecule has 5 N–H and O–H groups in total. The summed E-state index contributed by atoms with van der Waals surface area (Å²) in [5.41, 5.74) is 9.93. The average Bonchev–Trinajstić information content (AvgIpc) is 3.15. The molecule has 2 aromatic carbocycles. The van der Waals surface area contributed by atoms with Gasteiger partial charge in [0.05, 0.1) is 4.88 Å². The van der Waals surface area contributed by atoms with Crippen molar-refractivity contribution in [1.82, 2.24) is 15.0 Å². The third-order valence-corrected chi connectivity index (χ3v) is 6.63. The first-order valence-corrected chi connectivity index (χ1v) is 12.1. The van der Waals surface area contributed by atoms with Gasteiger partial charge < -0.3 is 16.4 Å². The highest BCUT2D eigenvalue weighted by Gasteiger charge is 2.15. The lowest BCUT2D eigenvalue weighted by atomic mass is 10.1. The monoisotopic (exact) mass is 471 g/mol. The van der Waals surface area contributed by atoms with Gasteiger partial charge in [0.1, 0.15) is 5.01 Å². The smallest absolute Gasteiger partial charge is 0.170 e. The van der Waals surface area contributed by atoms with Crippen LogP contribution >= 0.6 is 35.5 Å². The zero-order chi connectivity index (χ0) is 22.6. The Labute approximate surface area is 198 Å². The molecule has 0 amide bonds. The van der Waals surface area contributed by atoms with E-state index in [9.17, 15) is 0 Å². The van der Waals surface area contributed by atoms with E-state index in [2.05, 4.69) is 73.2 Å². The molecule has 1 aromatic heterocycles. The zero-order valence-corrected chi connectivity index (χ0v) is 20.9. The van der Waals surface area contributed by atoms with Gasteiger partial charge in [-0.2, -0.15) is 0 Å². The second-order valence-corrected chi connectivity index (χ2v) is 10.9. The van der Waals surface area contributed by atoms with Gasteiger partial charge in [-0.3, -0.25) is 4.72 Å². The highest BCUT2D eigenvalue weighted by molar-refractivity contribution is 7.97. The van der Waals surface area contributed by atoms with Gasteiger partial charge >= 0.3 is 0 Å². The molecular formula is C23H29N5S3. The lowest BCUT2D eigenvalue weighted by Crippen LogP contribution is -2.33. The summed E-state index contributed by atoms with van der Waals surface area (Å²) in [7, 11) is 0. The molecular weight excluding hydrogens is 442 g/mol. The molecule has 31 heavy (non-hydrogen) atoms. The predicted molar refractivity (Wildman–Crippen MR) is 141 cm³/mol. The number of aromatic nitrogens is 1. The third kappa shape index (κ3) is 6.93. The third-order valence-electron chi connectivity index (χ3n) is 4.05. The number of benzene rings is 2. The lowest BCUT2D eigenvalue weighted by molar-refractivity contribution is 0.535. The number of anilines is 2. The molecule has 8 heteroatoms. The van der Waals surface area contributed by atoms with Crippen LogP contribution in [0.25, 0.3) is 21.0 Å². The Morgan fingerprint density at radius 2 is 1.84 bits per heavy atom. The van der Waals surface area contributed by atoms with E-state index in [-0.39, 0.29) is 5.54 Å². The molecule has 0 spiro atoms. The molecule has 0 fully saturated rings. The quantitative estimate of drug-likeness (QED) is 0.195. The van der Waals surface area contributed by atoms with Crippen molar-refractivity contribution in [3.05, 3.63) is 48.7 Å². The van der Waals surface area contributed by atoms with Crippen molar-refractivity contribution in [3.63, 3.8) is 0 Å². The van der Waals surface area contributed by atoms with Crippen LogP contribution in [0.2, 0.25) is 0 Å². The van der Waals surface area contributed by atoms with Crippen molar-refractivity contribution >= 4 is 52.0 Å². The van der Waals surface area contributed by atoms with Crippen molar-refractivity contribution < 1.29 is 0 Å². The standard InChI is InChI=1S/C23H29N5S3/c1-14(2)26-22(29)27-17-9-6-15(7-10-17)21-25-13-20(30-21)18-11-8-16(24)12-19(18)31-28-23(3,4)5/h6-14,28H,24H2,1-5H3,(H2,26,27,29). The van der Waals surface area contributed by atoms with Crippen molar-refractivity contribution in [3.8, 4) is 21.0 Å². The van der Waals surface area contributed by atoms with E-state index >= 15 is 0 Å². The Morgan fingerprint density at radius 3 is 2.48 bits per heavy atom. The second-order valence-electron chi connectivity index (χ2n) is 8.57. The number of nitrogens with one attached hydrogen (secondary N) is 3. The largest absolute Gasteiger partial charge is 0.399 e. The molecule has 3 aromatic rings. The molecule has 0 aliphatic rings.